The average molecular weight is 436 g/mol. The zero-order chi connectivity index (χ0) is 22.2. The van der Waals surface area contributed by atoms with Crippen molar-refractivity contribution >= 4 is 11.8 Å². The zero-order valence-corrected chi connectivity index (χ0v) is 19.2. The lowest BCUT2D eigenvalue weighted by molar-refractivity contribution is -0.138. The molecule has 2 aliphatic heterocycles. The molecule has 0 spiro atoms. The van der Waals surface area contributed by atoms with E-state index in [1.165, 1.54) is 5.69 Å². The first-order chi connectivity index (χ1) is 15.5. The molecule has 0 saturated carbocycles. The number of hydrogen-bond donors (Lipinski definition) is 0. The number of amides is 2. The zero-order valence-electron chi connectivity index (χ0n) is 19.2. The third kappa shape index (κ3) is 3.83. The van der Waals surface area contributed by atoms with Crippen molar-refractivity contribution in [2.75, 3.05) is 46.3 Å². The Kier molecular flexibility index (Phi) is 5.76. The number of piperidine rings is 1. The lowest BCUT2D eigenvalue weighted by Gasteiger charge is -2.37. The van der Waals surface area contributed by atoms with E-state index in [2.05, 4.69) is 31.0 Å². The number of carbonyl (C=O) groups excluding carboxylic acids is 2. The van der Waals surface area contributed by atoms with Crippen LogP contribution in [0.5, 0.6) is 0 Å². The van der Waals surface area contributed by atoms with E-state index in [4.69, 9.17) is 5.10 Å². The van der Waals surface area contributed by atoms with E-state index >= 15 is 0 Å². The van der Waals surface area contributed by atoms with E-state index in [1.54, 1.807) is 0 Å². The van der Waals surface area contributed by atoms with Crippen LogP contribution in [0.4, 0.5) is 0 Å². The van der Waals surface area contributed by atoms with Gasteiger partial charge >= 0.3 is 0 Å². The maximum atomic E-state index is 13.5. The van der Waals surface area contributed by atoms with Gasteiger partial charge in [0.05, 0.1) is 5.69 Å². The number of para-hydroxylation sites is 1. The van der Waals surface area contributed by atoms with Crippen LogP contribution in [0.15, 0.2) is 24.3 Å². The third-order valence-electron chi connectivity index (χ3n) is 7.42. The second-order valence-electron chi connectivity index (χ2n) is 9.52. The van der Waals surface area contributed by atoms with Gasteiger partial charge in [-0.25, -0.2) is 4.68 Å². The summed E-state index contributed by atoms with van der Waals surface area (Å²) in [6, 6.07) is 8.21. The topological polar surface area (TPSA) is 61.7 Å². The molecule has 0 bridgehead atoms. The minimum atomic E-state index is 0.0287. The molecule has 7 nitrogen and oxygen atoms in total. The summed E-state index contributed by atoms with van der Waals surface area (Å²) >= 11 is 0. The van der Waals surface area contributed by atoms with Gasteiger partial charge in [0.25, 0.3) is 5.91 Å². The number of benzene rings is 1. The maximum absolute atomic E-state index is 13.5. The molecule has 1 aromatic heterocycles. The highest BCUT2D eigenvalue weighted by molar-refractivity contribution is 5.94. The van der Waals surface area contributed by atoms with Crippen LogP contribution in [0, 0.1) is 12.8 Å². The lowest BCUT2D eigenvalue weighted by atomic mass is 9.94. The van der Waals surface area contributed by atoms with Crippen molar-refractivity contribution in [3.63, 3.8) is 0 Å². The molecule has 0 radical (unpaired) electrons. The summed E-state index contributed by atoms with van der Waals surface area (Å²) in [6.45, 7) is 6.87. The van der Waals surface area contributed by atoms with Gasteiger partial charge in [-0.05, 0) is 57.7 Å². The largest absolute Gasteiger partial charge is 0.340 e. The van der Waals surface area contributed by atoms with Crippen molar-refractivity contribution in [1.82, 2.24) is 24.5 Å². The molecule has 7 heteroatoms. The van der Waals surface area contributed by atoms with Crippen LogP contribution in [0.25, 0.3) is 5.69 Å². The Morgan fingerprint density at radius 1 is 0.938 bits per heavy atom. The molecule has 1 aliphatic carbocycles. The van der Waals surface area contributed by atoms with Crippen molar-refractivity contribution in [3.8, 4) is 5.69 Å². The van der Waals surface area contributed by atoms with Gasteiger partial charge in [-0.2, -0.15) is 5.10 Å². The Labute approximate surface area is 190 Å². The Bertz CT molecular complexity index is 1010. The maximum Gasteiger partial charge on any atom is 0.274 e. The number of likely N-dealkylation sites (tertiary alicyclic amines) is 1. The fraction of sp³-hybridized carbons (Fsp3) is 0.560. The Morgan fingerprint density at radius 3 is 2.38 bits per heavy atom. The van der Waals surface area contributed by atoms with Crippen LogP contribution >= 0.6 is 0 Å². The Balaban J connectivity index is 1.29. The molecule has 2 fully saturated rings. The predicted molar refractivity (Wildman–Crippen MR) is 123 cm³/mol. The van der Waals surface area contributed by atoms with Crippen LogP contribution in [-0.2, 0) is 17.6 Å². The number of likely N-dealkylation sites (N-methyl/N-ethyl adjacent to an activating group) is 1. The molecule has 5 rings (SSSR count). The van der Waals surface area contributed by atoms with Gasteiger partial charge in [-0.15, -0.1) is 0 Å². The molecule has 3 heterocycles. The number of aryl methyl sites for hydroxylation is 1. The predicted octanol–water partition coefficient (Wildman–Crippen LogP) is 2.30. The number of fused-ring (bicyclic) bond motifs is 1. The fourth-order valence-electron chi connectivity index (χ4n) is 5.37. The highest BCUT2D eigenvalue weighted by Crippen LogP contribution is 2.30. The normalized spacial score (nSPS) is 19.9. The molecule has 2 saturated heterocycles. The van der Waals surface area contributed by atoms with Gasteiger partial charge < -0.3 is 14.7 Å². The van der Waals surface area contributed by atoms with E-state index in [-0.39, 0.29) is 17.7 Å². The molecule has 2 amide bonds. The third-order valence-corrected chi connectivity index (χ3v) is 7.42. The average Bonchev–Trinajstić information content (AvgIpc) is 3.42. The van der Waals surface area contributed by atoms with Crippen LogP contribution in [-0.4, -0.2) is 82.6 Å². The van der Waals surface area contributed by atoms with Gasteiger partial charge in [0.15, 0.2) is 5.69 Å². The molecule has 3 aliphatic rings. The number of hydrogen-bond acceptors (Lipinski definition) is 4. The monoisotopic (exact) mass is 435 g/mol. The van der Waals surface area contributed by atoms with Gasteiger partial charge in [-0.3, -0.25) is 9.59 Å². The van der Waals surface area contributed by atoms with Crippen molar-refractivity contribution in [3.05, 3.63) is 46.8 Å². The molecule has 0 atom stereocenters. The van der Waals surface area contributed by atoms with Crippen molar-refractivity contribution in [2.45, 2.75) is 39.0 Å². The second kappa shape index (κ2) is 8.70. The van der Waals surface area contributed by atoms with E-state index in [9.17, 15) is 9.59 Å². The SMILES string of the molecule is Cc1ccccc1-n1nc(C(=O)N2CCC(C(=O)N3CCN(C)CC3)CC2)c2c1CCC2. The number of nitrogens with zero attached hydrogens (tertiary/aromatic N) is 5. The molecule has 1 aromatic carbocycles. The number of aromatic nitrogens is 2. The van der Waals surface area contributed by atoms with Crippen molar-refractivity contribution < 1.29 is 9.59 Å². The van der Waals surface area contributed by atoms with E-state index < -0.39 is 0 Å². The van der Waals surface area contributed by atoms with Crippen LogP contribution in [0.1, 0.15) is 46.6 Å². The minimum absolute atomic E-state index is 0.0287. The van der Waals surface area contributed by atoms with Crippen LogP contribution < -0.4 is 0 Å². The second-order valence-corrected chi connectivity index (χ2v) is 9.52. The first kappa shape index (κ1) is 21.2. The van der Waals surface area contributed by atoms with Gasteiger partial charge in [0.2, 0.25) is 5.91 Å². The highest BCUT2D eigenvalue weighted by Gasteiger charge is 2.34. The van der Waals surface area contributed by atoms with Gasteiger partial charge in [-0.1, -0.05) is 18.2 Å². The number of rotatable bonds is 3. The smallest absolute Gasteiger partial charge is 0.274 e. The molecule has 0 unspecified atom stereocenters. The van der Waals surface area contributed by atoms with Crippen LogP contribution in [0.2, 0.25) is 0 Å². The first-order valence-electron chi connectivity index (χ1n) is 12.0. The lowest BCUT2D eigenvalue weighted by Crippen LogP contribution is -2.51. The molecule has 0 N–H and O–H groups in total. The minimum Gasteiger partial charge on any atom is -0.340 e. The van der Waals surface area contributed by atoms with E-state index in [1.807, 2.05) is 26.6 Å². The summed E-state index contributed by atoms with van der Waals surface area (Å²) in [5.74, 6) is 0.341. The summed E-state index contributed by atoms with van der Waals surface area (Å²) in [4.78, 5) is 32.6. The van der Waals surface area contributed by atoms with E-state index in [0.717, 1.165) is 75.1 Å². The van der Waals surface area contributed by atoms with Gasteiger partial charge in [0, 0.05) is 56.4 Å². The standard InChI is InChI=1S/C25H33N5O2/c1-18-6-3-4-8-21(18)30-22-9-5-7-20(22)23(26-30)25(32)28-12-10-19(11-13-28)24(31)29-16-14-27(2)15-17-29/h3-4,6,8,19H,5,7,9-17H2,1-2H3. The summed E-state index contributed by atoms with van der Waals surface area (Å²) < 4.78 is 1.99. The molecule has 170 valence electrons. The van der Waals surface area contributed by atoms with Crippen molar-refractivity contribution in [1.29, 1.82) is 0 Å². The van der Waals surface area contributed by atoms with E-state index in [0.29, 0.717) is 18.8 Å². The Hall–Kier alpha value is -2.67. The molecule has 32 heavy (non-hydrogen) atoms. The van der Waals surface area contributed by atoms with Gasteiger partial charge in [0.1, 0.15) is 0 Å². The molecular formula is C25H33N5O2. The quantitative estimate of drug-likeness (QED) is 0.742. The first-order valence-corrected chi connectivity index (χ1v) is 12.0. The fourth-order valence-corrected chi connectivity index (χ4v) is 5.37. The summed E-state index contributed by atoms with van der Waals surface area (Å²) in [6.07, 6.45) is 4.45. The Morgan fingerprint density at radius 2 is 1.66 bits per heavy atom. The highest BCUT2D eigenvalue weighted by atomic mass is 16.2. The number of piperazine rings is 1. The summed E-state index contributed by atoms with van der Waals surface area (Å²) in [7, 11) is 2.10. The molecule has 2 aromatic rings. The van der Waals surface area contributed by atoms with Crippen molar-refractivity contribution in [2.24, 2.45) is 5.92 Å². The summed E-state index contributed by atoms with van der Waals surface area (Å²) in [5, 5.41) is 4.82. The molecular weight excluding hydrogens is 402 g/mol. The summed E-state index contributed by atoms with van der Waals surface area (Å²) in [5.41, 5.74) is 5.13. The van der Waals surface area contributed by atoms with Crippen LogP contribution in [0.3, 0.4) is 0 Å². The number of carbonyl (C=O) groups is 2.